The fourth-order valence-corrected chi connectivity index (χ4v) is 1.96. The first-order valence-electron chi connectivity index (χ1n) is 4.07. The van der Waals surface area contributed by atoms with Gasteiger partial charge in [0.1, 0.15) is 6.33 Å². The van der Waals surface area contributed by atoms with Crippen molar-refractivity contribution in [2.75, 3.05) is 5.32 Å². The van der Waals surface area contributed by atoms with Crippen LogP contribution in [-0.2, 0) is 6.54 Å². The van der Waals surface area contributed by atoms with Crippen LogP contribution in [0.2, 0.25) is 4.34 Å². The predicted molar refractivity (Wildman–Crippen MR) is 58.7 cm³/mol. The van der Waals surface area contributed by atoms with Crippen molar-refractivity contribution in [3.63, 3.8) is 0 Å². The number of thiophene rings is 1. The van der Waals surface area contributed by atoms with Gasteiger partial charge in [-0.2, -0.15) is 0 Å². The average Bonchev–Trinajstić information content (AvgIpc) is 2.63. The summed E-state index contributed by atoms with van der Waals surface area (Å²) in [5.74, 6) is 0. The zero-order chi connectivity index (χ0) is 9.80. The van der Waals surface area contributed by atoms with E-state index in [1.54, 1.807) is 12.4 Å². The third-order valence-corrected chi connectivity index (χ3v) is 2.99. The van der Waals surface area contributed by atoms with Crippen LogP contribution in [0.15, 0.2) is 30.2 Å². The number of halogens is 1. The van der Waals surface area contributed by atoms with Gasteiger partial charge in [0.15, 0.2) is 0 Å². The van der Waals surface area contributed by atoms with Crippen molar-refractivity contribution >= 4 is 28.6 Å². The smallest absolute Gasteiger partial charge is 0.115 e. The average molecular weight is 226 g/mol. The topological polar surface area (TPSA) is 37.8 Å². The Bertz CT molecular complexity index is 401. The van der Waals surface area contributed by atoms with Gasteiger partial charge in [-0.3, -0.25) is 0 Å². The van der Waals surface area contributed by atoms with Gasteiger partial charge in [0.25, 0.3) is 0 Å². The van der Waals surface area contributed by atoms with Crippen molar-refractivity contribution in [1.82, 2.24) is 9.97 Å². The highest BCUT2D eigenvalue weighted by atomic mass is 35.5. The van der Waals surface area contributed by atoms with Crippen LogP contribution in [-0.4, -0.2) is 9.97 Å². The Morgan fingerprint density at radius 3 is 2.79 bits per heavy atom. The lowest BCUT2D eigenvalue weighted by atomic mass is 10.3. The first-order valence-corrected chi connectivity index (χ1v) is 5.33. The van der Waals surface area contributed by atoms with Gasteiger partial charge in [-0.25, -0.2) is 9.97 Å². The molecule has 72 valence electrons. The highest BCUT2D eigenvalue weighted by Gasteiger charge is 2.00. The number of hydrogen-bond acceptors (Lipinski definition) is 4. The highest BCUT2D eigenvalue weighted by molar-refractivity contribution is 7.14. The quantitative estimate of drug-likeness (QED) is 0.873. The standard InChI is InChI=1S/C9H8ClN3S/c10-9-7(1-2-14-9)3-13-8-4-11-6-12-5-8/h1-2,4-6,13H,3H2. The lowest BCUT2D eigenvalue weighted by Crippen LogP contribution is -1.99. The molecule has 0 aromatic carbocycles. The van der Waals surface area contributed by atoms with Gasteiger partial charge in [-0.05, 0) is 11.4 Å². The zero-order valence-electron chi connectivity index (χ0n) is 7.27. The van der Waals surface area contributed by atoms with Gasteiger partial charge in [0, 0.05) is 12.1 Å². The Morgan fingerprint density at radius 1 is 1.36 bits per heavy atom. The molecule has 2 aromatic rings. The van der Waals surface area contributed by atoms with Crippen molar-refractivity contribution in [1.29, 1.82) is 0 Å². The van der Waals surface area contributed by atoms with Crippen molar-refractivity contribution in [3.8, 4) is 0 Å². The fourth-order valence-electron chi connectivity index (χ4n) is 1.03. The molecule has 0 unspecified atom stereocenters. The normalized spacial score (nSPS) is 10.1. The SMILES string of the molecule is Clc1sccc1CNc1cncnc1. The van der Waals surface area contributed by atoms with Gasteiger partial charge in [0.05, 0.1) is 22.4 Å². The Morgan fingerprint density at radius 2 is 2.14 bits per heavy atom. The molecule has 3 nitrogen and oxygen atoms in total. The molecule has 0 saturated carbocycles. The van der Waals surface area contributed by atoms with E-state index in [2.05, 4.69) is 15.3 Å². The number of aromatic nitrogens is 2. The minimum Gasteiger partial charge on any atom is -0.378 e. The van der Waals surface area contributed by atoms with Gasteiger partial charge >= 0.3 is 0 Å². The number of hydrogen-bond donors (Lipinski definition) is 1. The van der Waals surface area contributed by atoms with Crippen LogP contribution in [0.3, 0.4) is 0 Å². The van der Waals surface area contributed by atoms with E-state index in [-0.39, 0.29) is 0 Å². The molecular formula is C9H8ClN3S. The zero-order valence-corrected chi connectivity index (χ0v) is 8.85. The summed E-state index contributed by atoms with van der Waals surface area (Å²) in [4.78, 5) is 7.81. The maximum atomic E-state index is 5.95. The predicted octanol–water partition coefficient (Wildman–Crippen LogP) is 2.80. The highest BCUT2D eigenvalue weighted by Crippen LogP contribution is 2.23. The molecule has 2 rings (SSSR count). The van der Waals surface area contributed by atoms with Gasteiger partial charge in [-0.1, -0.05) is 11.6 Å². The molecule has 0 bridgehead atoms. The summed E-state index contributed by atoms with van der Waals surface area (Å²) in [5, 5.41) is 5.16. The van der Waals surface area contributed by atoms with E-state index in [9.17, 15) is 0 Å². The van der Waals surface area contributed by atoms with Crippen LogP contribution in [0.25, 0.3) is 0 Å². The van der Waals surface area contributed by atoms with Crippen LogP contribution < -0.4 is 5.32 Å². The number of rotatable bonds is 3. The van der Waals surface area contributed by atoms with E-state index in [0.717, 1.165) is 15.6 Å². The number of nitrogens with zero attached hydrogens (tertiary/aromatic N) is 2. The maximum Gasteiger partial charge on any atom is 0.115 e. The lowest BCUT2D eigenvalue weighted by molar-refractivity contribution is 1.11. The van der Waals surface area contributed by atoms with Gasteiger partial charge < -0.3 is 5.32 Å². The van der Waals surface area contributed by atoms with Crippen LogP contribution >= 0.6 is 22.9 Å². The molecule has 0 saturated heterocycles. The molecule has 0 aliphatic heterocycles. The van der Waals surface area contributed by atoms with Crippen molar-refractivity contribution < 1.29 is 0 Å². The van der Waals surface area contributed by atoms with Crippen LogP contribution in [0.5, 0.6) is 0 Å². The minimum atomic E-state index is 0.704. The van der Waals surface area contributed by atoms with E-state index in [0.29, 0.717) is 6.54 Å². The number of nitrogens with one attached hydrogen (secondary N) is 1. The van der Waals surface area contributed by atoms with E-state index >= 15 is 0 Å². The number of anilines is 1. The molecule has 0 radical (unpaired) electrons. The molecule has 0 aliphatic carbocycles. The van der Waals surface area contributed by atoms with Crippen LogP contribution in [0.1, 0.15) is 5.56 Å². The molecule has 2 heterocycles. The molecule has 0 amide bonds. The Kier molecular flexibility index (Phi) is 2.96. The van der Waals surface area contributed by atoms with E-state index in [1.165, 1.54) is 17.7 Å². The first-order chi connectivity index (χ1) is 6.86. The molecule has 5 heteroatoms. The minimum absolute atomic E-state index is 0.704. The summed E-state index contributed by atoms with van der Waals surface area (Å²) in [7, 11) is 0. The second-order valence-electron chi connectivity index (χ2n) is 2.70. The van der Waals surface area contributed by atoms with Gasteiger partial charge in [0.2, 0.25) is 0 Å². The summed E-state index contributed by atoms with van der Waals surface area (Å²) >= 11 is 7.49. The molecule has 0 fully saturated rings. The third-order valence-electron chi connectivity index (χ3n) is 1.74. The molecule has 0 aliphatic rings. The summed E-state index contributed by atoms with van der Waals surface area (Å²) in [6, 6.07) is 2.00. The largest absolute Gasteiger partial charge is 0.378 e. The summed E-state index contributed by atoms with van der Waals surface area (Å²) in [6.45, 7) is 0.704. The molecule has 1 N–H and O–H groups in total. The van der Waals surface area contributed by atoms with E-state index < -0.39 is 0 Å². The molecular weight excluding hydrogens is 218 g/mol. The van der Waals surface area contributed by atoms with Crippen molar-refractivity contribution in [2.24, 2.45) is 0 Å². The van der Waals surface area contributed by atoms with Crippen LogP contribution in [0, 0.1) is 0 Å². The van der Waals surface area contributed by atoms with Gasteiger partial charge in [-0.15, -0.1) is 11.3 Å². The second kappa shape index (κ2) is 4.39. The molecule has 0 atom stereocenters. The van der Waals surface area contributed by atoms with Crippen molar-refractivity contribution in [3.05, 3.63) is 40.1 Å². The lowest BCUT2D eigenvalue weighted by Gasteiger charge is -2.03. The van der Waals surface area contributed by atoms with E-state index in [4.69, 9.17) is 11.6 Å². The summed E-state index contributed by atoms with van der Waals surface area (Å²) in [5.41, 5.74) is 2.00. The maximum absolute atomic E-state index is 5.95. The first kappa shape index (κ1) is 9.43. The second-order valence-corrected chi connectivity index (χ2v) is 4.22. The van der Waals surface area contributed by atoms with E-state index in [1.807, 2.05) is 11.4 Å². The van der Waals surface area contributed by atoms with Crippen molar-refractivity contribution in [2.45, 2.75) is 6.54 Å². The fraction of sp³-hybridized carbons (Fsp3) is 0.111. The summed E-state index contributed by atoms with van der Waals surface area (Å²) in [6.07, 6.45) is 4.96. The Hall–Kier alpha value is -1.13. The third kappa shape index (κ3) is 2.21. The van der Waals surface area contributed by atoms with Crippen LogP contribution in [0.4, 0.5) is 5.69 Å². The molecule has 0 spiro atoms. The Balaban J connectivity index is 1.99. The summed E-state index contributed by atoms with van der Waals surface area (Å²) < 4.78 is 0.828. The Labute approximate surface area is 90.8 Å². The monoisotopic (exact) mass is 225 g/mol. The molecule has 2 aromatic heterocycles. The molecule has 14 heavy (non-hydrogen) atoms.